The molecular formula is C24H17F7N4O3S. The van der Waals surface area contributed by atoms with Gasteiger partial charge in [0, 0.05) is 42.5 Å². The van der Waals surface area contributed by atoms with Crippen molar-refractivity contribution in [3.05, 3.63) is 77.9 Å². The van der Waals surface area contributed by atoms with E-state index in [1.165, 1.54) is 12.1 Å². The average molecular weight is 574 g/mol. The molecule has 1 aliphatic heterocycles. The lowest BCUT2D eigenvalue weighted by atomic mass is 10.0. The van der Waals surface area contributed by atoms with Crippen molar-refractivity contribution in [1.82, 2.24) is 19.6 Å². The number of fused-ring (bicyclic) bond motifs is 1. The molecule has 0 unspecified atom stereocenters. The van der Waals surface area contributed by atoms with E-state index in [0.717, 1.165) is 42.7 Å². The lowest BCUT2D eigenvalue weighted by molar-refractivity contribution is -0.145. The second-order valence-corrected chi connectivity index (χ2v) is 11.0. The molecule has 2 heterocycles. The van der Waals surface area contributed by atoms with Crippen molar-refractivity contribution in [2.24, 2.45) is 11.8 Å². The Kier molecular flexibility index (Phi) is 6.41. The summed E-state index contributed by atoms with van der Waals surface area (Å²) in [5.41, 5.74) is -0.0168. The van der Waals surface area contributed by atoms with Crippen LogP contribution < -0.4 is 5.32 Å². The van der Waals surface area contributed by atoms with Gasteiger partial charge < -0.3 is 5.32 Å². The van der Waals surface area contributed by atoms with Crippen molar-refractivity contribution in [2.75, 3.05) is 6.54 Å². The Morgan fingerprint density at radius 3 is 2.31 bits per heavy atom. The molecule has 1 N–H and O–H groups in total. The largest absolute Gasteiger partial charge is 0.451 e. The number of benzene rings is 2. The fourth-order valence-corrected chi connectivity index (χ4v) is 6.30. The maximum Gasteiger partial charge on any atom is 0.451 e. The van der Waals surface area contributed by atoms with Crippen LogP contribution in [0.15, 0.2) is 59.8 Å². The number of carbonyl (C=O) groups excluding carboxylic acids is 1. The van der Waals surface area contributed by atoms with Gasteiger partial charge in [0.1, 0.15) is 17.7 Å². The van der Waals surface area contributed by atoms with Gasteiger partial charge in [-0.25, -0.2) is 35.9 Å². The van der Waals surface area contributed by atoms with E-state index in [-0.39, 0.29) is 28.1 Å². The number of nitrogens with one attached hydrogen (secondary N) is 1. The summed E-state index contributed by atoms with van der Waals surface area (Å²) in [6.07, 6.45) is -3.23. The van der Waals surface area contributed by atoms with Gasteiger partial charge in [0.15, 0.2) is 0 Å². The Balaban J connectivity index is 1.35. The van der Waals surface area contributed by atoms with Crippen molar-refractivity contribution in [3.63, 3.8) is 0 Å². The monoisotopic (exact) mass is 574 g/mol. The summed E-state index contributed by atoms with van der Waals surface area (Å²) in [6, 6.07) is 5.41. The lowest BCUT2D eigenvalue weighted by Crippen LogP contribution is -2.50. The van der Waals surface area contributed by atoms with Crippen LogP contribution in [0.2, 0.25) is 0 Å². The normalized spacial score (nSPS) is 22.4. The Morgan fingerprint density at radius 2 is 1.69 bits per heavy atom. The smallest absolute Gasteiger partial charge is 0.351 e. The molecule has 0 spiro atoms. The molecule has 3 atom stereocenters. The van der Waals surface area contributed by atoms with Crippen LogP contribution in [0.4, 0.5) is 30.7 Å². The molecule has 39 heavy (non-hydrogen) atoms. The summed E-state index contributed by atoms with van der Waals surface area (Å²) in [5, 5.41) is 2.38. The van der Waals surface area contributed by atoms with Crippen LogP contribution in [0.5, 0.6) is 0 Å². The number of aromatic nitrogens is 2. The maximum atomic E-state index is 14.4. The number of amides is 1. The third kappa shape index (κ3) is 4.84. The van der Waals surface area contributed by atoms with Gasteiger partial charge in [-0.1, -0.05) is 6.07 Å². The number of hydrogen-bond acceptors (Lipinski definition) is 5. The van der Waals surface area contributed by atoms with Gasteiger partial charge in [0.25, 0.3) is 5.92 Å². The summed E-state index contributed by atoms with van der Waals surface area (Å²) in [4.78, 5) is 19.0. The number of piperidine rings is 1. The number of halogens is 7. The summed E-state index contributed by atoms with van der Waals surface area (Å²) in [6.45, 7) is -0.943. The van der Waals surface area contributed by atoms with Gasteiger partial charge in [0.2, 0.25) is 21.8 Å². The van der Waals surface area contributed by atoms with Gasteiger partial charge in [0.05, 0.1) is 10.8 Å². The average Bonchev–Trinajstić information content (AvgIpc) is 3.20. The first-order chi connectivity index (χ1) is 18.2. The molecule has 2 aliphatic rings. The zero-order chi connectivity index (χ0) is 28.3. The minimum absolute atomic E-state index is 0.0819. The third-order valence-corrected chi connectivity index (χ3v) is 8.55. The van der Waals surface area contributed by atoms with Crippen LogP contribution in [0, 0.1) is 23.5 Å². The molecule has 1 saturated carbocycles. The standard InChI is InChI=1S/C24H17F7N4O3S/c25-14-2-4-15(5-3-14)39(37,38)35-11-17-19(23(17,27)28)20(35)21(36)32-8-12-1-6-18(26)16(7-12)13-9-33-22(34-10-13)24(29,30)31/h1-7,9-10,17,19-20H,8,11H2,(H,32,36)/t17-,19-,20-/m0/s1. The van der Waals surface area contributed by atoms with Gasteiger partial charge in [-0.3, -0.25) is 4.79 Å². The fourth-order valence-electron chi connectivity index (χ4n) is 4.66. The number of carbonyl (C=O) groups is 1. The molecule has 5 rings (SSSR count). The molecule has 2 aromatic carbocycles. The number of sulfonamides is 1. The van der Waals surface area contributed by atoms with Crippen LogP contribution in [0.25, 0.3) is 11.1 Å². The first-order valence-electron chi connectivity index (χ1n) is 11.3. The second kappa shape index (κ2) is 9.26. The molecule has 1 aliphatic carbocycles. The Hall–Kier alpha value is -3.59. The summed E-state index contributed by atoms with van der Waals surface area (Å²) >= 11 is 0. The highest BCUT2D eigenvalue weighted by molar-refractivity contribution is 7.89. The molecule has 206 valence electrons. The Bertz CT molecular complexity index is 1530. The zero-order valence-corrected chi connectivity index (χ0v) is 20.3. The van der Waals surface area contributed by atoms with Gasteiger partial charge in [-0.15, -0.1) is 0 Å². The molecule has 2 fully saturated rings. The zero-order valence-electron chi connectivity index (χ0n) is 19.5. The van der Waals surface area contributed by atoms with E-state index in [4.69, 9.17) is 0 Å². The van der Waals surface area contributed by atoms with Crippen molar-refractivity contribution < 1.29 is 43.9 Å². The van der Waals surface area contributed by atoms with E-state index in [9.17, 15) is 43.9 Å². The fraction of sp³-hybridized carbons (Fsp3) is 0.292. The van der Waals surface area contributed by atoms with Crippen molar-refractivity contribution in [3.8, 4) is 11.1 Å². The predicted octanol–water partition coefficient (Wildman–Crippen LogP) is 4.01. The van der Waals surface area contributed by atoms with Crippen LogP contribution in [0.3, 0.4) is 0 Å². The highest BCUT2D eigenvalue weighted by Crippen LogP contribution is 2.63. The van der Waals surface area contributed by atoms with Crippen LogP contribution >= 0.6 is 0 Å². The van der Waals surface area contributed by atoms with Gasteiger partial charge in [-0.05, 0) is 42.0 Å². The Morgan fingerprint density at radius 1 is 1.05 bits per heavy atom. The highest BCUT2D eigenvalue weighted by atomic mass is 32.2. The number of nitrogens with zero attached hydrogens (tertiary/aromatic N) is 3. The lowest BCUT2D eigenvalue weighted by Gasteiger charge is -2.27. The minimum Gasteiger partial charge on any atom is -0.351 e. The highest BCUT2D eigenvalue weighted by Gasteiger charge is 2.78. The van der Waals surface area contributed by atoms with E-state index < -0.39 is 69.9 Å². The molecule has 1 saturated heterocycles. The molecule has 1 aromatic heterocycles. The number of alkyl halides is 5. The molecule has 3 aromatic rings. The molecule has 0 radical (unpaired) electrons. The van der Waals surface area contributed by atoms with Crippen LogP contribution in [0.1, 0.15) is 11.4 Å². The second-order valence-electron chi connectivity index (χ2n) is 9.11. The summed E-state index contributed by atoms with van der Waals surface area (Å²) < 4.78 is 121. The predicted molar refractivity (Wildman–Crippen MR) is 120 cm³/mol. The quantitative estimate of drug-likeness (QED) is 0.450. The van der Waals surface area contributed by atoms with E-state index in [1.54, 1.807) is 0 Å². The SMILES string of the molecule is O=C(NCc1ccc(F)c(-c2cnc(C(F)(F)F)nc2)c1)[C@@H]1[C@@H]2[C@H](CN1S(=O)(=O)c1ccc(F)cc1)C2(F)F. The molecule has 1 amide bonds. The van der Waals surface area contributed by atoms with E-state index in [0.29, 0.717) is 4.31 Å². The molecule has 7 nitrogen and oxygen atoms in total. The molecule has 15 heteroatoms. The van der Waals surface area contributed by atoms with E-state index >= 15 is 0 Å². The summed E-state index contributed by atoms with van der Waals surface area (Å²) in [5.74, 6) is -10.1. The topological polar surface area (TPSA) is 92.3 Å². The van der Waals surface area contributed by atoms with Gasteiger partial charge in [-0.2, -0.15) is 17.5 Å². The van der Waals surface area contributed by atoms with E-state index in [1.807, 2.05) is 0 Å². The first kappa shape index (κ1) is 27.0. The van der Waals surface area contributed by atoms with E-state index in [2.05, 4.69) is 15.3 Å². The minimum atomic E-state index is -4.79. The first-order valence-corrected chi connectivity index (χ1v) is 12.8. The van der Waals surface area contributed by atoms with Crippen molar-refractivity contribution in [1.29, 1.82) is 0 Å². The molecular weight excluding hydrogens is 557 g/mol. The van der Waals surface area contributed by atoms with Crippen LogP contribution in [-0.4, -0.2) is 47.1 Å². The molecule has 0 bridgehead atoms. The Labute approximate surface area is 216 Å². The van der Waals surface area contributed by atoms with Crippen molar-refractivity contribution >= 4 is 15.9 Å². The van der Waals surface area contributed by atoms with Gasteiger partial charge >= 0.3 is 6.18 Å². The third-order valence-electron chi connectivity index (χ3n) is 6.69. The summed E-state index contributed by atoms with van der Waals surface area (Å²) in [7, 11) is -4.42. The van der Waals surface area contributed by atoms with Crippen LogP contribution in [-0.2, 0) is 27.5 Å². The number of rotatable bonds is 6. The number of hydrogen-bond donors (Lipinski definition) is 1. The van der Waals surface area contributed by atoms with Crippen molar-refractivity contribution in [2.45, 2.75) is 29.6 Å². The maximum absolute atomic E-state index is 14.4.